The van der Waals surface area contributed by atoms with E-state index < -0.39 is 23.3 Å². The molecule has 0 bridgehead atoms. The van der Waals surface area contributed by atoms with Crippen LogP contribution in [0.4, 0.5) is 20.6 Å². The largest absolute Gasteiger partial charge is 0.492 e. The van der Waals surface area contributed by atoms with Crippen LogP contribution in [0.1, 0.15) is 45.0 Å². The Bertz CT molecular complexity index is 1430. The lowest BCUT2D eigenvalue weighted by Gasteiger charge is -2.27. The summed E-state index contributed by atoms with van der Waals surface area (Å²) < 4.78 is 42.4. The quantitative estimate of drug-likeness (QED) is 0.206. The number of ether oxygens (including phenoxy) is 5. The van der Waals surface area contributed by atoms with Gasteiger partial charge < -0.3 is 28.6 Å². The normalized spacial score (nSPS) is 15.8. The first-order valence-corrected chi connectivity index (χ1v) is 15.0. The van der Waals surface area contributed by atoms with E-state index in [-0.39, 0.29) is 48.9 Å². The van der Waals surface area contributed by atoms with Crippen LogP contribution in [-0.4, -0.2) is 74.0 Å². The minimum absolute atomic E-state index is 0.0782. The van der Waals surface area contributed by atoms with Crippen LogP contribution in [0.2, 0.25) is 5.02 Å². The highest BCUT2D eigenvalue weighted by atomic mass is 35.5. The molecule has 45 heavy (non-hydrogen) atoms. The summed E-state index contributed by atoms with van der Waals surface area (Å²) in [6.45, 7) is 10.4. The first-order chi connectivity index (χ1) is 21.3. The Kier molecular flexibility index (Phi) is 11.4. The van der Waals surface area contributed by atoms with Gasteiger partial charge in [-0.25, -0.2) is 9.18 Å². The summed E-state index contributed by atoms with van der Waals surface area (Å²) in [6.07, 6.45) is 2.41. The number of carbonyl (C=O) groups is 2. The number of halogens is 2. The molecule has 1 aliphatic rings. The summed E-state index contributed by atoms with van der Waals surface area (Å²) in [7, 11) is 0. The molecule has 1 saturated heterocycles. The van der Waals surface area contributed by atoms with Crippen LogP contribution in [0.25, 0.3) is 0 Å². The van der Waals surface area contributed by atoms with Gasteiger partial charge in [0.05, 0.1) is 32.1 Å². The number of anilines is 2. The predicted molar refractivity (Wildman–Crippen MR) is 169 cm³/mol. The molecule has 2 aromatic carbocycles. The minimum atomic E-state index is -0.692. The molecular weight excluding hydrogens is 605 g/mol. The van der Waals surface area contributed by atoms with Crippen LogP contribution in [0, 0.1) is 5.82 Å². The minimum Gasteiger partial charge on any atom is -0.492 e. The fraction of sp³-hybridized carbons (Fsp3) is 0.424. The maximum Gasteiger partial charge on any atom is 0.414 e. The average Bonchev–Trinajstić information content (AvgIpc) is 3.33. The molecule has 0 aliphatic carbocycles. The van der Waals surface area contributed by atoms with Crippen LogP contribution in [0.15, 0.2) is 67.0 Å². The van der Waals surface area contributed by atoms with E-state index in [4.69, 9.17) is 35.3 Å². The summed E-state index contributed by atoms with van der Waals surface area (Å²) in [6, 6.07) is 13.7. The SMILES string of the molecule is CC(C)(C)OC(=O)N(CCOc1cc(Cl)cc(C(=O)N(CCOCC2COC(C)(C)O2)c2ccc(F)cc2)c1)c1ccncc1. The van der Waals surface area contributed by atoms with Crippen LogP contribution < -0.4 is 14.5 Å². The van der Waals surface area contributed by atoms with Crippen molar-refractivity contribution in [2.45, 2.75) is 52.1 Å². The highest BCUT2D eigenvalue weighted by molar-refractivity contribution is 6.31. The van der Waals surface area contributed by atoms with Crippen molar-refractivity contribution in [3.8, 4) is 5.75 Å². The van der Waals surface area contributed by atoms with Crippen molar-refractivity contribution in [1.29, 1.82) is 0 Å². The van der Waals surface area contributed by atoms with E-state index in [1.54, 1.807) is 57.4 Å². The molecule has 0 radical (unpaired) electrons. The first kappa shape index (κ1) is 34.1. The topological polar surface area (TPSA) is 99.7 Å². The van der Waals surface area contributed by atoms with Gasteiger partial charge in [0.1, 0.15) is 29.9 Å². The van der Waals surface area contributed by atoms with E-state index in [1.807, 2.05) is 13.8 Å². The third kappa shape index (κ3) is 10.4. The van der Waals surface area contributed by atoms with E-state index in [0.717, 1.165) is 0 Å². The van der Waals surface area contributed by atoms with Crippen molar-refractivity contribution in [1.82, 2.24) is 4.98 Å². The maximum atomic E-state index is 13.8. The number of hydrogen-bond acceptors (Lipinski definition) is 8. The molecule has 1 atom stereocenters. The highest BCUT2D eigenvalue weighted by Crippen LogP contribution is 2.26. The number of rotatable bonds is 12. The lowest BCUT2D eigenvalue weighted by molar-refractivity contribution is -0.144. The molecule has 4 rings (SSSR count). The predicted octanol–water partition coefficient (Wildman–Crippen LogP) is 6.51. The van der Waals surface area contributed by atoms with Crippen LogP contribution in [0.5, 0.6) is 5.75 Å². The molecule has 2 amide bonds. The van der Waals surface area contributed by atoms with E-state index in [0.29, 0.717) is 30.3 Å². The average molecular weight is 644 g/mol. The molecule has 1 aliphatic heterocycles. The lowest BCUT2D eigenvalue weighted by atomic mass is 10.1. The van der Waals surface area contributed by atoms with Gasteiger partial charge in [-0.2, -0.15) is 0 Å². The van der Waals surface area contributed by atoms with Gasteiger partial charge in [-0.05, 0) is 89.2 Å². The third-order valence-electron chi connectivity index (χ3n) is 6.50. The monoisotopic (exact) mass is 643 g/mol. The third-order valence-corrected chi connectivity index (χ3v) is 6.72. The molecule has 3 aromatic rings. The number of amides is 2. The molecule has 1 aromatic heterocycles. The zero-order valence-electron chi connectivity index (χ0n) is 26.1. The Morgan fingerprint density at radius 1 is 1.00 bits per heavy atom. The van der Waals surface area contributed by atoms with Crippen molar-refractivity contribution in [3.63, 3.8) is 0 Å². The summed E-state index contributed by atoms with van der Waals surface area (Å²) >= 11 is 6.41. The van der Waals surface area contributed by atoms with E-state index in [1.165, 1.54) is 40.1 Å². The molecule has 1 unspecified atom stereocenters. The summed E-state index contributed by atoms with van der Waals surface area (Å²) in [5.74, 6) is -1.13. The van der Waals surface area contributed by atoms with Gasteiger partial charge in [-0.3, -0.25) is 14.7 Å². The van der Waals surface area contributed by atoms with Gasteiger partial charge in [-0.1, -0.05) is 11.6 Å². The Hall–Kier alpha value is -3.77. The second kappa shape index (κ2) is 15.0. The second-order valence-corrected chi connectivity index (χ2v) is 12.3. The van der Waals surface area contributed by atoms with Gasteiger partial charge in [0.15, 0.2) is 5.79 Å². The molecule has 0 saturated carbocycles. The number of aromatic nitrogens is 1. The Balaban J connectivity index is 1.44. The molecular formula is C33H39ClFN3O7. The van der Waals surface area contributed by atoms with Crippen LogP contribution in [0.3, 0.4) is 0 Å². The number of hydrogen-bond donors (Lipinski definition) is 0. The maximum absolute atomic E-state index is 13.8. The fourth-order valence-corrected chi connectivity index (χ4v) is 4.76. The van der Waals surface area contributed by atoms with Crippen molar-refractivity contribution in [2.24, 2.45) is 0 Å². The number of nitrogens with zero attached hydrogens (tertiary/aromatic N) is 3. The van der Waals surface area contributed by atoms with Crippen molar-refractivity contribution in [3.05, 3.63) is 83.4 Å². The molecule has 10 nitrogen and oxygen atoms in total. The van der Waals surface area contributed by atoms with Gasteiger partial charge in [0.2, 0.25) is 0 Å². The van der Waals surface area contributed by atoms with E-state index >= 15 is 0 Å². The fourth-order valence-electron chi connectivity index (χ4n) is 4.53. The van der Waals surface area contributed by atoms with Gasteiger partial charge in [0.25, 0.3) is 5.91 Å². The number of benzene rings is 2. The zero-order valence-corrected chi connectivity index (χ0v) is 26.9. The Morgan fingerprint density at radius 3 is 2.31 bits per heavy atom. The molecule has 12 heteroatoms. The van der Waals surface area contributed by atoms with E-state index in [2.05, 4.69) is 4.98 Å². The van der Waals surface area contributed by atoms with Crippen LogP contribution in [-0.2, 0) is 18.9 Å². The smallest absolute Gasteiger partial charge is 0.414 e. The van der Waals surface area contributed by atoms with Crippen molar-refractivity contribution < 1.29 is 37.7 Å². The van der Waals surface area contributed by atoms with Gasteiger partial charge >= 0.3 is 6.09 Å². The molecule has 0 spiro atoms. The lowest BCUT2D eigenvalue weighted by Crippen LogP contribution is -2.39. The number of pyridine rings is 1. The number of carbonyl (C=O) groups excluding carboxylic acids is 2. The summed E-state index contributed by atoms with van der Waals surface area (Å²) in [4.78, 5) is 33.7. The van der Waals surface area contributed by atoms with Crippen molar-refractivity contribution >= 4 is 35.0 Å². The molecule has 0 N–H and O–H groups in total. The first-order valence-electron chi connectivity index (χ1n) is 14.6. The molecule has 2 heterocycles. The van der Waals surface area contributed by atoms with Crippen molar-refractivity contribution in [2.75, 3.05) is 49.3 Å². The summed E-state index contributed by atoms with van der Waals surface area (Å²) in [5, 5.41) is 0.283. The summed E-state index contributed by atoms with van der Waals surface area (Å²) in [5.41, 5.74) is 0.647. The Labute approximate surface area is 267 Å². The van der Waals surface area contributed by atoms with Gasteiger partial charge in [-0.15, -0.1) is 0 Å². The standard InChI is InChI=1S/C33H39ClFN3O7/c1-32(2,3)45-31(40)38(27-10-12-36-13-11-27)15-17-42-28-19-23(18-24(34)20-28)30(39)37(26-8-6-25(35)7-9-26)14-16-41-21-29-22-43-33(4,5)44-29/h6-13,18-20,29H,14-17,21-22H2,1-5H3. The molecule has 1 fully saturated rings. The molecule has 242 valence electrons. The highest BCUT2D eigenvalue weighted by Gasteiger charge is 2.32. The van der Waals surface area contributed by atoms with E-state index in [9.17, 15) is 14.0 Å². The Morgan fingerprint density at radius 2 is 1.67 bits per heavy atom. The zero-order chi connectivity index (χ0) is 32.6. The second-order valence-electron chi connectivity index (χ2n) is 11.8. The van der Waals surface area contributed by atoms with Crippen LogP contribution >= 0.6 is 11.6 Å². The van der Waals surface area contributed by atoms with Gasteiger partial charge in [0, 0.05) is 35.2 Å².